The molecule has 4 heteroatoms. The first kappa shape index (κ1) is 11.0. The lowest BCUT2D eigenvalue weighted by molar-refractivity contribution is 0.745. The smallest absolute Gasteiger partial charge is 0.121 e. The van der Waals surface area contributed by atoms with Crippen LogP contribution in [0.3, 0.4) is 0 Å². The Labute approximate surface area is 99.8 Å². The molecule has 0 saturated carbocycles. The number of rotatable bonds is 3. The average molecular weight is 236 g/mol. The van der Waals surface area contributed by atoms with E-state index in [0.29, 0.717) is 5.82 Å². The molecule has 0 bridgehead atoms. The summed E-state index contributed by atoms with van der Waals surface area (Å²) >= 11 is 5.82. The van der Waals surface area contributed by atoms with Gasteiger partial charge in [0.25, 0.3) is 0 Å². The Morgan fingerprint density at radius 3 is 2.50 bits per heavy atom. The number of aromatic nitrogens is 2. The molecule has 2 N–H and O–H groups in total. The Bertz CT molecular complexity index is 454. The van der Waals surface area contributed by atoms with Crippen molar-refractivity contribution >= 4 is 17.4 Å². The van der Waals surface area contributed by atoms with Crippen molar-refractivity contribution in [3.05, 3.63) is 46.6 Å². The zero-order valence-electron chi connectivity index (χ0n) is 9.15. The van der Waals surface area contributed by atoms with E-state index < -0.39 is 0 Å². The van der Waals surface area contributed by atoms with Gasteiger partial charge >= 0.3 is 0 Å². The van der Waals surface area contributed by atoms with Crippen molar-refractivity contribution in [1.29, 1.82) is 0 Å². The molecule has 1 heterocycles. The number of hydrogen-bond donors (Lipinski definition) is 1. The molecule has 2 rings (SSSR count). The first-order valence-electron chi connectivity index (χ1n) is 5.18. The predicted molar refractivity (Wildman–Crippen MR) is 66.5 cm³/mol. The number of nitrogen functional groups attached to an aromatic ring is 1. The van der Waals surface area contributed by atoms with Gasteiger partial charge in [0.1, 0.15) is 5.82 Å². The van der Waals surface area contributed by atoms with Crippen LogP contribution in [-0.2, 0) is 19.9 Å². The minimum Gasteiger partial charge on any atom is -0.384 e. The van der Waals surface area contributed by atoms with E-state index in [1.165, 1.54) is 5.56 Å². The Balaban J connectivity index is 1.99. The maximum atomic E-state index is 5.82. The van der Waals surface area contributed by atoms with Gasteiger partial charge < -0.3 is 5.73 Å². The van der Waals surface area contributed by atoms with Crippen LogP contribution in [-0.4, -0.2) is 9.78 Å². The van der Waals surface area contributed by atoms with E-state index in [1.807, 2.05) is 37.4 Å². The van der Waals surface area contributed by atoms with Crippen LogP contribution in [0.2, 0.25) is 5.02 Å². The Kier molecular flexibility index (Phi) is 3.15. The van der Waals surface area contributed by atoms with Gasteiger partial charge in [0.15, 0.2) is 0 Å². The summed E-state index contributed by atoms with van der Waals surface area (Å²) in [7, 11) is 1.85. The van der Waals surface area contributed by atoms with Gasteiger partial charge in [-0.05, 0) is 30.5 Å². The first-order chi connectivity index (χ1) is 7.65. The summed E-state index contributed by atoms with van der Waals surface area (Å²) in [6.45, 7) is 0. The number of benzene rings is 1. The highest BCUT2D eigenvalue weighted by molar-refractivity contribution is 6.30. The highest BCUT2D eigenvalue weighted by atomic mass is 35.5. The number of nitrogens with zero attached hydrogens (tertiary/aromatic N) is 2. The largest absolute Gasteiger partial charge is 0.384 e. The second-order valence-corrected chi connectivity index (χ2v) is 4.25. The fourth-order valence-corrected chi connectivity index (χ4v) is 1.72. The van der Waals surface area contributed by atoms with Crippen LogP contribution in [0.1, 0.15) is 11.3 Å². The van der Waals surface area contributed by atoms with Gasteiger partial charge in [-0.15, -0.1) is 0 Å². The first-order valence-corrected chi connectivity index (χ1v) is 5.56. The van der Waals surface area contributed by atoms with Gasteiger partial charge in [0.2, 0.25) is 0 Å². The fraction of sp³-hybridized carbons (Fsp3) is 0.250. The fourth-order valence-electron chi connectivity index (χ4n) is 1.59. The minimum absolute atomic E-state index is 0.700. The van der Waals surface area contributed by atoms with Crippen molar-refractivity contribution in [2.75, 3.05) is 5.73 Å². The molecule has 0 saturated heterocycles. The molecule has 2 aromatic rings. The van der Waals surface area contributed by atoms with Crippen molar-refractivity contribution in [2.24, 2.45) is 7.05 Å². The summed E-state index contributed by atoms with van der Waals surface area (Å²) in [5, 5.41) is 5.08. The lowest BCUT2D eigenvalue weighted by Crippen LogP contribution is -1.97. The van der Waals surface area contributed by atoms with Crippen LogP contribution in [0.15, 0.2) is 30.3 Å². The van der Waals surface area contributed by atoms with Gasteiger partial charge in [0.05, 0.1) is 5.69 Å². The molecule has 16 heavy (non-hydrogen) atoms. The molecule has 0 aliphatic heterocycles. The zero-order chi connectivity index (χ0) is 11.5. The normalized spacial score (nSPS) is 10.6. The SMILES string of the molecule is Cn1nc(CCc2ccc(Cl)cc2)cc1N. The monoisotopic (exact) mass is 235 g/mol. The lowest BCUT2D eigenvalue weighted by Gasteiger charge is -1.99. The molecule has 0 fully saturated rings. The van der Waals surface area contributed by atoms with Crippen LogP contribution in [0, 0.1) is 0 Å². The Morgan fingerprint density at radius 2 is 1.94 bits per heavy atom. The van der Waals surface area contributed by atoms with E-state index >= 15 is 0 Å². The Hall–Kier alpha value is -1.48. The molecule has 0 amide bonds. The summed E-state index contributed by atoms with van der Waals surface area (Å²) < 4.78 is 1.69. The Morgan fingerprint density at radius 1 is 1.25 bits per heavy atom. The van der Waals surface area contributed by atoms with Gasteiger partial charge in [-0.3, -0.25) is 4.68 Å². The summed E-state index contributed by atoms with van der Waals surface area (Å²) in [5.74, 6) is 0.700. The second-order valence-electron chi connectivity index (χ2n) is 3.81. The highest BCUT2D eigenvalue weighted by Crippen LogP contribution is 2.12. The third kappa shape index (κ3) is 2.55. The molecule has 1 aromatic carbocycles. The standard InChI is InChI=1S/C12H14ClN3/c1-16-12(14)8-11(15-16)7-4-9-2-5-10(13)6-3-9/h2-3,5-6,8H,4,7,14H2,1H3. The third-order valence-corrected chi connectivity index (χ3v) is 2.80. The van der Waals surface area contributed by atoms with E-state index in [2.05, 4.69) is 5.10 Å². The van der Waals surface area contributed by atoms with Gasteiger partial charge in [-0.25, -0.2) is 0 Å². The van der Waals surface area contributed by atoms with Crippen LogP contribution < -0.4 is 5.73 Å². The number of nitrogens with two attached hydrogens (primary N) is 1. The number of aryl methyl sites for hydroxylation is 3. The molecular weight excluding hydrogens is 222 g/mol. The van der Waals surface area contributed by atoms with Crippen molar-refractivity contribution in [2.45, 2.75) is 12.8 Å². The lowest BCUT2D eigenvalue weighted by atomic mass is 10.1. The van der Waals surface area contributed by atoms with E-state index in [1.54, 1.807) is 4.68 Å². The number of halogens is 1. The molecule has 3 nitrogen and oxygen atoms in total. The summed E-state index contributed by atoms with van der Waals surface area (Å²) in [4.78, 5) is 0. The molecular formula is C12H14ClN3. The molecule has 0 aliphatic rings. The van der Waals surface area contributed by atoms with Crippen LogP contribution in [0.25, 0.3) is 0 Å². The zero-order valence-corrected chi connectivity index (χ0v) is 9.91. The molecule has 0 aliphatic carbocycles. The van der Waals surface area contributed by atoms with Crippen molar-refractivity contribution in [3.8, 4) is 0 Å². The third-order valence-electron chi connectivity index (χ3n) is 2.55. The number of anilines is 1. The van der Waals surface area contributed by atoms with Gasteiger partial charge in [-0.2, -0.15) is 5.10 Å². The topological polar surface area (TPSA) is 43.8 Å². The molecule has 84 valence electrons. The summed E-state index contributed by atoms with van der Waals surface area (Å²) in [6.07, 6.45) is 1.85. The maximum Gasteiger partial charge on any atom is 0.121 e. The summed E-state index contributed by atoms with van der Waals surface area (Å²) in [5.41, 5.74) is 7.99. The van der Waals surface area contributed by atoms with Crippen LogP contribution >= 0.6 is 11.6 Å². The maximum absolute atomic E-state index is 5.82. The molecule has 0 unspecified atom stereocenters. The van der Waals surface area contributed by atoms with Gasteiger partial charge in [-0.1, -0.05) is 23.7 Å². The van der Waals surface area contributed by atoms with E-state index in [9.17, 15) is 0 Å². The molecule has 1 aromatic heterocycles. The minimum atomic E-state index is 0.700. The van der Waals surface area contributed by atoms with Crippen molar-refractivity contribution in [1.82, 2.24) is 9.78 Å². The number of hydrogen-bond acceptors (Lipinski definition) is 2. The second kappa shape index (κ2) is 4.58. The van der Waals surface area contributed by atoms with Crippen LogP contribution in [0.5, 0.6) is 0 Å². The van der Waals surface area contributed by atoms with Crippen molar-refractivity contribution in [3.63, 3.8) is 0 Å². The highest BCUT2D eigenvalue weighted by Gasteiger charge is 2.02. The quantitative estimate of drug-likeness (QED) is 0.888. The van der Waals surface area contributed by atoms with Crippen LogP contribution in [0.4, 0.5) is 5.82 Å². The van der Waals surface area contributed by atoms with E-state index in [0.717, 1.165) is 23.6 Å². The average Bonchev–Trinajstić information content (AvgIpc) is 2.58. The van der Waals surface area contributed by atoms with E-state index in [4.69, 9.17) is 17.3 Å². The molecule has 0 radical (unpaired) electrons. The van der Waals surface area contributed by atoms with E-state index in [-0.39, 0.29) is 0 Å². The summed E-state index contributed by atoms with van der Waals surface area (Å²) in [6, 6.07) is 9.80. The van der Waals surface area contributed by atoms with Gasteiger partial charge in [0, 0.05) is 18.1 Å². The predicted octanol–water partition coefficient (Wildman–Crippen LogP) is 2.44. The molecule has 0 atom stereocenters. The van der Waals surface area contributed by atoms with Crippen molar-refractivity contribution < 1.29 is 0 Å². The molecule has 0 spiro atoms.